The first-order valence-electron chi connectivity index (χ1n) is 18.9. The second kappa shape index (κ2) is 15.2. The number of sulfone groups is 1. The van der Waals surface area contributed by atoms with Crippen LogP contribution < -0.4 is 21.3 Å². The van der Waals surface area contributed by atoms with Gasteiger partial charge in [-0.1, -0.05) is 79.2 Å². The molecular weight excluding hydrogens is 671 g/mol. The number of rotatable bonds is 14. The van der Waals surface area contributed by atoms with E-state index in [0.717, 1.165) is 38.5 Å². The van der Waals surface area contributed by atoms with E-state index in [1.54, 1.807) is 31.7 Å². The Morgan fingerprint density at radius 2 is 1.57 bits per heavy atom. The number of fused-ring (bicyclic) bond motifs is 1. The van der Waals surface area contributed by atoms with Crippen molar-refractivity contribution in [3.8, 4) is 0 Å². The van der Waals surface area contributed by atoms with Gasteiger partial charge in [-0.05, 0) is 75.0 Å². The molecule has 0 spiro atoms. The van der Waals surface area contributed by atoms with Crippen molar-refractivity contribution in [2.24, 2.45) is 28.6 Å². The van der Waals surface area contributed by atoms with Crippen LogP contribution in [0.2, 0.25) is 0 Å². The standard InChI is InChI=1S/C38H63N5O7S/c1-10-11-20-39-32(46)29(44)26(21-24-16-15-17-24)40-31(45)28-27-25(37(27,8)9)22-43(28)33(47)30(35(2,3)4)41-34(48)42-38(18-13-12-14-19-38)23-51(49,50)36(5,6)7/h10,24-28,30H,1,11-23H2,2-9H3,(H,39,46)(H,40,45)(H2,41,42,48)/t25?,26?,27-,28-,30+/m0/s1. The first-order chi connectivity index (χ1) is 23.5. The maximum atomic E-state index is 14.5. The predicted octanol–water partition coefficient (Wildman–Crippen LogP) is 4.04. The molecule has 12 nitrogen and oxygen atoms in total. The van der Waals surface area contributed by atoms with Crippen molar-refractivity contribution in [1.29, 1.82) is 0 Å². The number of carbonyl (C=O) groups is 5. The summed E-state index contributed by atoms with van der Waals surface area (Å²) in [6.45, 7) is 18.9. The molecule has 51 heavy (non-hydrogen) atoms. The molecule has 0 radical (unpaired) electrons. The van der Waals surface area contributed by atoms with Crippen LogP contribution in [-0.4, -0.2) is 90.1 Å². The van der Waals surface area contributed by atoms with E-state index in [-0.39, 0.29) is 35.5 Å². The largest absolute Gasteiger partial charge is 0.349 e. The summed E-state index contributed by atoms with van der Waals surface area (Å²) in [5.74, 6) is -2.38. The van der Waals surface area contributed by atoms with Crippen LogP contribution in [0.4, 0.5) is 4.79 Å². The molecular formula is C38H63N5O7S. The number of nitrogens with one attached hydrogen (secondary N) is 4. The normalized spacial score (nSPS) is 25.3. The molecule has 0 aromatic heterocycles. The van der Waals surface area contributed by atoms with E-state index in [2.05, 4.69) is 41.7 Å². The molecule has 3 saturated carbocycles. The maximum absolute atomic E-state index is 14.5. The average molecular weight is 734 g/mol. The maximum Gasteiger partial charge on any atom is 0.315 e. The Morgan fingerprint density at radius 3 is 2.10 bits per heavy atom. The second-order valence-corrected chi connectivity index (χ2v) is 21.0. The molecule has 13 heteroatoms. The van der Waals surface area contributed by atoms with E-state index in [9.17, 15) is 32.4 Å². The highest BCUT2D eigenvalue weighted by atomic mass is 32.2. The number of ketones is 1. The van der Waals surface area contributed by atoms with Crippen LogP contribution in [0.25, 0.3) is 0 Å². The lowest BCUT2D eigenvalue weighted by Crippen LogP contribution is -2.64. The summed E-state index contributed by atoms with van der Waals surface area (Å²) >= 11 is 0. The Balaban J connectivity index is 1.55. The van der Waals surface area contributed by atoms with Gasteiger partial charge < -0.3 is 26.2 Å². The number of amides is 5. The van der Waals surface area contributed by atoms with Gasteiger partial charge in [0.15, 0.2) is 9.84 Å². The van der Waals surface area contributed by atoms with E-state index in [0.29, 0.717) is 32.2 Å². The van der Waals surface area contributed by atoms with E-state index >= 15 is 0 Å². The molecule has 2 unspecified atom stereocenters. The number of urea groups is 1. The lowest BCUT2D eigenvalue weighted by atomic mass is 9.80. The minimum atomic E-state index is -3.57. The first-order valence-corrected chi connectivity index (χ1v) is 20.5. The molecule has 1 heterocycles. The third-order valence-corrected chi connectivity index (χ3v) is 14.8. The number of carbonyl (C=O) groups excluding carboxylic acids is 5. The van der Waals surface area contributed by atoms with Crippen LogP contribution in [0, 0.1) is 28.6 Å². The molecule has 4 N–H and O–H groups in total. The highest BCUT2D eigenvalue weighted by molar-refractivity contribution is 7.92. The van der Waals surface area contributed by atoms with E-state index in [4.69, 9.17) is 0 Å². The van der Waals surface area contributed by atoms with E-state index in [1.807, 2.05) is 20.8 Å². The van der Waals surface area contributed by atoms with Gasteiger partial charge in [0.2, 0.25) is 17.6 Å². The predicted molar refractivity (Wildman–Crippen MR) is 197 cm³/mol. The molecule has 0 aromatic carbocycles. The van der Waals surface area contributed by atoms with Gasteiger partial charge in [-0.25, -0.2) is 13.2 Å². The Bertz CT molecular complexity index is 1470. The van der Waals surface area contributed by atoms with Gasteiger partial charge in [-0.2, -0.15) is 0 Å². The number of Topliss-reactive ketones (excluding diaryl/α,β-unsaturated/α-hetero) is 1. The van der Waals surface area contributed by atoms with Crippen LogP contribution in [0.3, 0.4) is 0 Å². The number of nitrogens with zero attached hydrogens (tertiary/aromatic N) is 1. The first kappa shape index (κ1) is 40.8. The summed E-state index contributed by atoms with van der Waals surface area (Å²) in [6, 6.07) is -3.54. The van der Waals surface area contributed by atoms with Crippen molar-refractivity contribution in [1.82, 2.24) is 26.2 Å². The summed E-state index contributed by atoms with van der Waals surface area (Å²) in [7, 11) is -3.57. The molecule has 4 fully saturated rings. The van der Waals surface area contributed by atoms with Crippen LogP contribution in [0.5, 0.6) is 0 Å². The van der Waals surface area contributed by atoms with E-state index < -0.39 is 73.2 Å². The monoisotopic (exact) mass is 733 g/mol. The van der Waals surface area contributed by atoms with Crippen LogP contribution in [0.15, 0.2) is 12.7 Å². The summed E-state index contributed by atoms with van der Waals surface area (Å²) in [5, 5.41) is 11.4. The zero-order valence-electron chi connectivity index (χ0n) is 32.2. The molecule has 4 aliphatic rings. The highest BCUT2D eigenvalue weighted by Crippen LogP contribution is 2.65. The number of piperidine rings is 1. The van der Waals surface area contributed by atoms with Crippen LogP contribution in [0.1, 0.15) is 120 Å². The smallest absolute Gasteiger partial charge is 0.315 e. The van der Waals surface area contributed by atoms with Crippen molar-refractivity contribution in [3.05, 3.63) is 12.7 Å². The number of hydrogen-bond acceptors (Lipinski definition) is 7. The Morgan fingerprint density at radius 1 is 0.941 bits per heavy atom. The fourth-order valence-corrected chi connectivity index (χ4v) is 9.75. The van der Waals surface area contributed by atoms with Gasteiger partial charge in [0.25, 0.3) is 5.91 Å². The van der Waals surface area contributed by atoms with Gasteiger partial charge in [0, 0.05) is 13.1 Å². The molecule has 0 bridgehead atoms. The zero-order valence-corrected chi connectivity index (χ0v) is 33.0. The zero-order chi connectivity index (χ0) is 38.2. The number of hydrogen-bond donors (Lipinski definition) is 4. The van der Waals surface area contributed by atoms with E-state index in [1.165, 1.54) is 0 Å². The molecule has 4 rings (SSSR count). The van der Waals surface area contributed by atoms with Crippen LogP contribution >= 0.6 is 0 Å². The minimum absolute atomic E-state index is 0.0581. The lowest BCUT2D eigenvalue weighted by Gasteiger charge is -2.41. The number of likely N-dealkylation sites (tertiary alicyclic amines) is 1. The molecule has 5 amide bonds. The molecule has 3 aliphatic carbocycles. The average Bonchev–Trinajstić information content (AvgIpc) is 3.30. The van der Waals surface area contributed by atoms with Gasteiger partial charge in [-0.3, -0.25) is 19.2 Å². The fraction of sp³-hybridized carbons (Fsp3) is 0.816. The Hall–Kier alpha value is -2.96. The summed E-state index contributed by atoms with van der Waals surface area (Å²) in [5.41, 5.74) is -1.93. The topological polar surface area (TPSA) is 171 Å². The molecule has 1 aliphatic heterocycles. The minimum Gasteiger partial charge on any atom is -0.349 e. The molecule has 5 atom stereocenters. The fourth-order valence-electron chi connectivity index (χ4n) is 8.23. The summed E-state index contributed by atoms with van der Waals surface area (Å²) < 4.78 is 25.7. The van der Waals surface area contributed by atoms with Crippen molar-refractivity contribution < 1.29 is 32.4 Å². The third kappa shape index (κ3) is 9.16. The van der Waals surface area contributed by atoms with Crippen molar-refractivity contribution >= 4 is 39.4 Å². The lowest BCUT2D eigenvalue weighted by molar-refractivity contribution is -0.145. The molecule has 0 aromatic rings. The Labute approximate surface area is 305 Å². The summed E-state index contributed by atoms with van der Waals surface area (Å²) in [6.07, 6.45) is 8.95. The third-order valence-electron chi connectivity index (χ3n) is 12.0. The van der Waals surface area contributed by atoms with Gasteiger partial charge >= 0.3 is 6.03 Å². The highest BCUT2D eigenvalue weighted by Gasteiger charge is 2.70. The summed E-state index contributed by atoms with van der Waals surface area (Å²) in [4.78, 5) is 70.2. The molecule has 1 saturated heterocycles. The van der Waals surface area contributed by atoms with Crippen LogP contribution in [-0.2, 0) is 29.0 Å². The van der Waals surface area contributed by atoms with Gasteiger partial charge in [0.1, 0.15) is 12.1 Å². The molecule has 288 valence electrons. The van der Waals surface area contributed by atoms with Gasteiger partial charge in [0.05, 0.1) is 22.1 Å². The SMILES string of the molecule is C=CCCNC(=O)C(=O)C(CC1CCC1)NC(=O)[C@@H]1[C@@H]2C(CN1C(=O)[C@@H](NC(=O)NC1(CS(=O)(=O)C(C)(C)C)CCCCC1)C(C)(C)C)C2(C)C. The van der Waals surface area contributed by atoms with Crippen molar-refractivity contribution in [3.63, 3.8) is 0 Å². The quantitative estimate of drug-likeness (QED) is 0.119. The Kier molecular flexibility index (Phi) is 12.1. The van der Waals surface area contributed by atoms with Gasteiger partial charge in [-0.15, -0.1) is 6.58 Å². The van der Waals surface area contributed by atoms with Crippen molar-refractivity contribution in [2.75, 3.05) is 18.8 Å². The second-order valence-electron chi connectivity index (χ2n) is 18.3. The van der Waals surface area contributed by atoms with Crippen molar-refractivity contribution in [2.45, 2.75) is 148 Å².